The van der Waals surface area contributed by atoms with Crippen LogP contribution >= 0.6 is 0 Å². The average molecular weight is 194 g/mol. The van der Waals surface area contributed by atoms with Crippen molar-refractivity contribution in [1.82, 2.24) is 20.3 Å². The van der Waals surface area contributed by atoms with Crippen LogP contribution in [0.15, 0.2) is 6.20 Å². The normalized spacial score (nSPS) is 15.8. The summed E-state index contributed by atoms with van der Waals surface area (Å²) in [6.07, 6.45) is 4.54. The van der Waals surface area contributed by atoms with E-state index in [0.29, 0.717) is 18.2 Å². The fourth-order valence-electron chi connectivity index (χ4n) is 1.35. The van der Waals surface area contributed by atoms with Gasteiger partial charge in [0.15, 0.2) is 5.78 Å². The van der Waals surface area contributed by atoms with Gasteiger partial charge >= 0.3 is 0 Å². The van der Waals surface area contributed by atoms with E-state index < -0.39 is 0 Å². The molecule has 1 N–H and O–H groups in total. The predicted molar refractivity (Wildman–Crippen MR) is 51.0 cm³/mol. The summed E-state index contributed by atoms with van der Waals surface area (Å²) in [6.45, 7) is 0.759. The molecule has 1 aliphatic rings. The van der Waals surface area contributed by atoms with Gasteiger partial charge in [0.05, 0.1) is 6.20 Å². The molecule has 1 saturated carbocycles. The number of Topliss-reactive ketones (excluding diaryl/α,β-unsaturated/α-hetero) is 1. The quantitative estimate of drug-likeness (QED) is 0.677. The number of carbonyl (C=O) groups excluding carboxylic acids is 1. The van der Waals surface area contributed by atoms with Gasteiger partial charge < -0.3 is 5.32 Å². The van der Waals surface area contributed by atoms with Crippen LogP contribution < -0.4 is 5.32 Å². The van der Waals surface area contributed by atoms with Crippen molar-refractivity contribution in [2.45, 2.75) is 25.3 Å². The van der Waals surface area contributed by atoms with E-state index in [1.807, 2.05) is 0 Å². The van der Waals surface area contributed by atoms with Gasteiger partial charge in [0, 0.05) is 26.1 Å². The Morgan fingerprint density at radius 2 is 2.50 bits per heavy atom. The van der Waals surface area contributed by atoms with Crippen LogP contribution in [0.1, 0.15) is 29.8 Å². The molecule has 0 spiro atoms. The largest absolute Gasteiger partial charge is 0.314 e. The molecule has 76 valence electrons. The van der Waals surface area contributed by atoms with Gasteiger partial charge in [0.1, 0.15) is 5.69 Å². The minimum atomic E-state index is 0.102. The minimum absolute atomic E-state index is 0.102. The molecule has 0 aliphatic heterocycles. The maximum atomic E-state index is 11.6. The van der Waals surface area contributed by atoms with Crippen molar-refractivity contribution in [3.63, 3.8) is 0 Å². The van der Waals surface area contributed by atoms with Gasteiger partial charge in [0.2, 0.25) is 0 Å². The van der Waals surface area contributed by atoms with E-state index in [0.717, 1.165) is 6.54 Å². The van der Waals surface area contributed by atoms with Gasteiger partial charge in [-0.15, -0.1) is 5.10 Å². The molecular weight excluding hydrogens is 180 g/mol. The molecule has 14 heavy (non-hydrogen) atoms. The van der Waals surface area contributed by atoms with E-state index in [9.17, 15) is 4.79 Å². The standard InChI is InChI=1S/C9H14N4O/c1-13-8(6-11-12-13)9(14)4-5-10-7-2-3-7/h6-7,10H,2-5H2,1H3. The molecule has 1 aliphatic carbocycles. The topological polar surface area (TPSA) is 59.8 Å². The number of hydrogen-bond acceptors (Lipinski definition) is 4. The molecule has 2 rings (SSSR count). The Hall–Kier alpha value is -1.23. The first-order valence-corrected chi connectivity index (χ1v) is 4.88. The molecule has 0 bridgehead atoms. The fourth-order valence-corrected chi connectivity index (χ4v) is 1.35. The van der Waals surface area contributed by atoms with Gasteiger partial charge in [-0.05, 0) is 12.8 Å². The second-order valence-corrected chi connectivity index (χ2v) is 3.64. The summed E-state index contributed by atoms with van der Waals surface area (Å²) in [5.74, 6) is 0.102. The Kier molecular flexibility index (Phi) is 2.58. The van der Waals surface area contributed by atoms with Crippen molar-refractivity contribution in [3.05, 3.63) is 11.9 Å². The lowest BCUT2D eigenvalue weighted by Gasteiger charge is -2.01. The summed E-state index contributed by atoms with van der Waals surface area (Å²) in [7, 11) is 1.73. The molecule has 0 atom stereocenters. The minimum Gasteiger partial charge on any atom is -0.314 e. The summed E-state index contributed by atoms with van der Waals surface area (Å²) < 4.78 is 1.51. The molecule has 1 aromatic rings. The van der Waals surface area contributed by atoms with Crippen LogP contribution in [-0.2, 0) is 7.05 Å². The van der Waals surface area contributed by atoms with Crippen LogP contribution in [0.5, 0.6) is 0 Å². The highest BCUT2D eigenvalue weighted by molar-refractivity contribution is 5.94. The van der Waals surface area contributed by atoms with Crippen LogP contribution in [0.2, 0.25) is 0 Å². The molecule has 0 radical (unpaired) electrons. The van der Waals surface area contributed by atoms with Crippen LogP contribution in [0, 0.1) is 0 Å². The molecule has 5 nitrogen and oxygen atoms in total. The Morgan fingerprint density at radius 3 is 3.07 bits per heavy atom. The first kappa shape index (κ1) is 9.33. The third kappa shape index (κ3) is 2.17. The number of nitrogens with one attached hydrogen (secondary N) is 1. The van der Waals surface area contributed by atoms with E-state index in [4.69, 9.17) is 0 Å². The van der Waals surface area contributed by atoms with Gasteiger partial charge in [-0.1, -0.05) is 5.21 Å². The van der Waals surface area contributed by atoms with E-state index in [2.05, 4.69) is 15.6 Å². The zero-order valence-corrected chi connectivity index (χ0v) is 8.23. The maximum Gasteiger partial charge on any atom is 0.183 e. The van der Waals surface area contributed by atoms with Crippen molar-refractivity contribution in [1.29, 1.82) is 0 Å². The van der Waals surface area contributed by atoms with Crippen LogP contribution in [0.4, 0.5) is 0 Å². The summed E-state index contributed by atoms with van der Waals surface area (Å²) in [4.78, 5) is 11.6. The van der Waals surface area contributed by atoms with Crippen LogP contribution in [0.25, 0.3) is 0 Å². The monoisotopic (exact) mass is 194 g/mol. The first-order valence-electron chi connectivity index (χ1n) is 4.88. The Bertz CT molecular complexity index is 329. The number of nitrogens with zero attached hydrogens (tertiary/aromatic N) is 3. The maximum absolute atomic E-state index is 11.6. The number of aromatic nitrogens is 3. The lowest BCUT2D eigenvalue weighted by Crippen LogP contribution is -2.21. The zero-order valence-electron chi connectivity index (χ0n) is 8.23. The summed E-state index contributed by atoms with van der Waals surface area (Å²) >= 11 is 0. The Balaban J connectivity index is 1.79. The molecule has 1 aromatic heterocycles. The lowest BCUT2D eigenvalue weighted by atomic mass is 10.2. The number of carbonyl (C=O) groups is 1. The molecular formula is C9H14N4O. The lowest BCUT2D eigenvalue weighted by molar-refractivity contribution is 0.0973. The van der Waals surface area contributed by atoms with E-state index in [1.54, 1.807) is 7.05 Å². The van der Waals surface area contributed by atoms with Crippen molar-refractivity contribution < 1.29 is 4.79 Å². The number of aryl methyl sites for hydroxylation is 1. The predicted octanol–water partition coefficient (Wildman–Crippen LogP) is 0.140. The highest BCUT2D eigenvalue weighted by atomic mass is 16.1. The van der Waals surface area contributed by atoms with Crippen LogP contribution in [-0.4, -0.2) is 33.4 Å². The Labute approximate surface area is 82.5 Å². The fraction of sp³-hybridized carbons (Fsp3) is 0.667. The van der Waals surface area contributed by atoms with Crippen molar-refractivity contribution in [3.8, 4) is 0 Å². The van der Waals surface area contributed by atoms with Crippen molar-refractivity contribution in [2.24, 2.45) is 7.05 Å². The second kappa shape index (κ2) is 3.88. The molecule has 0 saturated heterocycles. The third-order valence-corrected chi connectivity index (χ3v) is 2.36. The number of hydrogen-bond donors (Lipinski definition) is 1. The molecule has 0 amide bonds. The van der Waals surface area contributed by atoms with Crippen molar-refractivity contribution in [2.75, 3.05) is 6.54 Å². The molecule has 5 heteroatoms. The Morgan fingerprint density at radius 1 is 1.71 bits per heavy atom. The van der Waals surface area contributed by atoms with Gasteiger partial charge in [-0.2, -0.15) is 0 Å². The second-order valence-electron chi connectivity index (χ2n) is 3.64. The summed E-state index contributed by atoms with van der Waals surface area (Å²) in [5.41, 5.74) is 0.586. The molecule has 1 fully saturated rings. The number of ketones is 1. The average Bonchev–Trinajstić information content (AvgIpc) is 2.87. The van der Waals surface area contributed by atoms with E-state index in [-0.39, 0.29) is 5.78 Å². The van der Waals surface area contributed by atoms with Gasteiger partial charge in [0.25, 0.3) is 0 Å². The molecule has 1 heterocycles. The highest BCUT2D eigenvalue weighted by Crippen LogP contribution is 2.18. The number of rotatable bonds is 5. The first-order chi connectivity index (χ1) is 6.77. The molecule has 0 aromatic carbocycles. The third-order valence-electron chi connectivity index (χ3n) is 2.36. The van der Waals surface area contributed by atoms with Gasteiger partial charge in [-0.3, -0.25) is 4.79 Å². The zero-order chi connectivity index (χ0) is 9.97. The smallest absolute Gasteiger partial charge is 0.183 e. The highest BCUT2D eigenvalue weighted by Gasteiger charge is 2.20. The van der Waals surface area contributed by atoms with Gasteiger partial charge in [-0.25, -0.2) is 4.68 Å². The summed E-state index contributed by atoms with van der Waals surface area (Å²) in [6, 6.07) is 0.660. The molecule has 0 unspecified atom stereocenters. The van der Waals surface area contributed by atoms with Crippen LogP contribution in [0.3, 0.4) is 0 Å². The van der Waals surface area contributed by atoms with E-state index in [1.165, 1.54) is 23.7 Å². The SMILES string of the molecule is Cn1nncc1C(=O)CCNC1CC1. The summed E-state index contributed by atoms with van der Waals surface area (Å²) in [5, 5.41) is 10.7. The van der Waals surface area contributed by atoms with E-state index >= 15 is 0 Å². The van der Waals surface area contributed by atoms with Crippen molar-refractivity contribution >= 4 is 5.78 Å².